The Hall–Kier alpha value is -1.84. The van der Waals surface area contributed by atoms with E-state index >= 15 is 0 Å². The number of aromatic nitrogens is 2. The van der Waals surface area contributed by atoms with Crippen LogP contribution in [-0.4, -0.2) is 17.3 Å². The summed E-state index contributed by atoms with van der Waals surface area (Å²) in [4.78, 5) is 3.80. The van der Waals surface area contributed by atoms with Gasteiger partial charge in [0.2, 0.25) is 6.33 Å². The number of hydrogen-bond acceptors (Lipinski definition) is 4. The quantitative estimate of drug-likeness (QED) is 0.694. The van der Waals surface area contributed by atoms with Crippen LogP contribution in [0, 0.1) is 6.33 Å². The van der Waals surface area contributed by atoms with Crippen molar-refractivity contribution >= 4 is 0 Å². The molecule has 0 fully saturated rings. The van der Waals surface area contributed by atoms with E-state index in [4.69, 9.17) is 9.26 Å². The highest BCUT2D eigenvalue weighted by molar-refractivity contribution is 5.53. The molecule has 0 aliphatic heterocycles. The van der Waals surface area contributed by atoms with Crippen LogP contribution in [0.5, 0.6) is 5.75 Å². The average Bonchev–Trinajstić information content (AvgIpc) is 2.71. The topological polar surface area (TPSA) is 48.2 Å². The third-order valence-corrected chi connectivity index (χ3v) is 1.66. The first-order valence-electron chi connectivity index (χ1n) is 3.74. The van der Waals surface area contributed by atoms with Crippen LogP contribution in [0.3, 0.4) is 0 Å². The Morgan fingerprint density at radius 3 is 2.62 bits per heavy atom. The molecule has 4 nitrogen and oxygen atoms in total. The van der Waals surface area contributed by atoms with E-state index in [0.29, 0.717) is 5.89 Å². The molecule has 65 valence electrons. The largest absolute Gasteiger partial charge is 0.497 e. The summed E-state index contributed by atoms with van der Waals surface area (Å²) in [6, 6.07) is 7.36. The Balaban J connectivity index is 2.33. The zero-order valence-corrected chi connectivity index (χ0v) is 7.02. The maximum absolute atomic E-state index is 5.01. The Morgan fingerprint density at radius 1 is 1.31 bits per heavy atom. The first-order valence-corrected chi connectivity index (χ1v) is 3.74. The highest BCUT2D eigenvalue weighted by atomic mass is 16.5. The van der Waals surface area contributed by atoms with Gasteiger partial charge < -0.3 is 9.26 Å². The highest BCUT2D eigenvalue weighted by Gasteiger charge is 2.02. The smallest absolute Gasteiger partial charge is 0.258 e. The fourth-order valence-corrected chi connectivity index (χ4v) is 1.00. The van der Waals surface area contributed by atoms with Gasteiger partial charge in [0.15, 0.2) is 0 Å². The van der Waals surface area contributed by atoms with Gasteiger partial charge >= 0.3 is 0 Å². The number of methoxy groups -OCH3 is 1. The highest BCUT2D eigenvalue weighted by Crippen LogP contribution is 2.19. The zero-order chi connectivity index (χ0) is 9.10. The van der Waals surface area contributed by atoms with Crippen LogP contribution in [0.4, 0.5) is 0 Å². The Kier molecular flexibility index (Phi) is 1.96. The second-order valence-electron chi connectivity index (χ2n) is 2.43. The second kappa shape index (κ2) is 3.26. The summed E-state index contributed by atoms with van der Waals surface area (Å²) in [7, 11) is 1.62. The van der Waals surface area contributed by atoms with Gasteiger partial charge in [-0.25, -0.2) is 0 Å². The summed E-state index contributed by atoms with van der Waals surface area (Å²) in [5.41, 5.74) is 0.856. The number of benzene rings is 1. The number of ether oxygens (including phenoxy) is 1. The molecule has 0 saturated carbocycles. The van der Waals surface area contributed by atoms with Crippen molar-refractivity contribution < 1.29 is 9.26 Å². The van der Waals surface area contributed by atoms with Gasteiger partial charge in [-0.3, -0.25) is 0 Å². The number of hydrogen-bond donors (Lipinski definition) is 0. The molecule has 0 aliphatic rings. The summed E-state index contributed by atoms with van der Waals surface area (Å²) in [6.45, 7) is 0. The first kappa shape index (κ1) is 7.79. The van der Waals surface area contributed by atoms with Crippen LogP contribution in [0.15, 0.2) is 28.8 Å². The van der Waals surface area contributed by atoms with Crippen molar-refractivity contribution in [1.82, 2.24) is 10.1 Å². The average molecular weight is 175 g/mol. The molecule has 0 atom stereocenters. The van der Waals surface area contributed by atoms with Gasteiger partial charge in [0.1, 0.15) is 5.75 Å². The third-order valence-electron chi connectivity index (χ3n) is 1.66. The van der Waals surface area contributed by atoms with E-state index in [1.807, 2.05) is 24.3 Å². The second-order valence-corrected chi connectivity index (χ2v) is 2.43. The molecule has 1 aromatic heterocycles. The van der Waals surface area contributed by atoms with Crippen molar-refractivity contribution in [2.45, 2.75) is 0 Å². The Morgan fingerprint density at radius 2 is 2.08 bits per heavy atom. The van der Waals surface area contributed by atoms with Crippen molar-refractivity contribution in [3.63, 3.8) is 0 Å². The Bertz CT molecular complexity index is 367. The van der Waals surface area contributed by atoms with Gasteiger partial charge in [0.25, 0.3) is 5.89 Å². The monoisotopic (exact) mass is 175 g/mol. The summed E-state index contributed by atoms with van der Waals surface area (Å²) in [5, 5.41) is 3.40. The van der Waals surface area contributed by atoms with Gasteiger partial charge in [-0.05, 0) is 24.3 Å². The van der Waals surface area contributed by atoms with Crippen LogP contribution in [-0.2, 0) is 0 Å². The van der Waals surface area contributed by atoms with Crippen molar-refractivity contribution in [2.24, 2.45) is 0 Å². The molecule has 13 heavy (non-hydrogen) atoms. The predicted octanol–water partition coefficient (Wildman–Crippen LogP) is 1.55. The van der Waals surface area contributed by atoms with Crippen molar-refractivity contribution in [2.75, 3.05) is 7.11 Å². The number of rotatable bonds is 2. The van der Waals surface area contributed by atoms with Crippen LogP contribution >= 0.6 is 0 Å². The normalized spacial score (nSPS) is 9.92. The standard InChI is InChI=1S/C9H7N2O2/c1-12-8-4-2-7(3-5-8)9-10-6-11-13-9/h2-5H,1H3. The molecule has 1 heterocycles. The molecular formula is C9H7N2O2. The molecule has 1 aromatic carbocycles. The minimum absolute atomic E-state index is 0.461. The van der Waals surface area contributed by atoms with Gasteiger partial charge in [0, 0.05) is 5.56 Å². The van der Waals surface area contributed by atoms with Crippen LogP contribution in [0.25, 0.3) is 11.5 Å². The van der Waals surface area contributed by atoms with Gasteiger partial charge in [-0.15, -0.1) is 0 Å². The maximum Gasteiger partial charge on any atom is 0.258 e. The molecule has 1 radical (unpaired) electrons. The van der Waals surface area contributed by atoms with Gasteiger partial charge in [0.05, 0.1) is 7.11 Å². The molecule has 2 aromatic rings. The molecule has 2 rings (SSSR count). The minimum Gasteiger partial charge on any atom is -0.497 e. The zero-order valence-electron chi connectivity index (χ0n) is 7.02. The SMILES string of the molecule is COc1ccc(-c2n[c]no2)cc1. The molecule has 0 N–H and O–H groups in total. The molecule has 0 spiro atoms. The van der Waals surface area contributed by atoms with E-state index in [1.165, 1.54) is 0 Å². The van der Waals surface area contributed by atoms with E-state index in [-0.39, 0.29) is 0 Å². The van der Waals surface area contributed by atoms with E-state index < -0.39 is 0 Å². The van der Waals surface area contributed by atoms with E-state index in [0.717, 1.165) is 11.3 Å². The Labute approximate surface area is 75.2 Å². The molecule has 4 heteroatoms. The molecular weight excluding hydrogens is 168 g/mol. The fourth-order valence-electron chi connectivity index (χ4n) is 1.00. The lowest BCUT2D eigenvalue weighted by Crippen LogP contribution is -1.82. The van der Waals surface area contributed by atoms with E-state index in [1.54, 1.807) is 7.11 Å². The third kappa shape index (κ3) is 1.51. The number of nitrogens with zero attached hydrogens (tertiary/aromatic N) is 2. The minimum atomic E-state index is 0.461. The molecule has 0 bridgehead atoms. The lowest BCUT2D eigenvalue weighted by molar-refractivity contribution is 0.414. The molecule has 0 amide bonds. The summed E-state index contributed by atoms with van der Waals surface area (Å²) in [6.07, 6.45) is 2.36. The fraction of sp³-hybridized carbons (Fsp3) is 0.111. The van der Waals surface area contributed by atoms with E-state index in [2.05, 4.69) is 16.5 Å². The predicted molar refractivity (Wildman–Crippen MR) is 45.1 cm³/mol. The molecule has 0 saturated heterocycles. The maximum atomic E-state index is 5.01. The van der Waals surface area contributed by atoms with Crippen LogP contribution < -0.4 is 4.74 Å². The lowest BCUT2D eigenvalue weighted by Gasteiger charge is -1.98. The van der Waals surface area contributed by atoms with Crippen molar-refractivity contribution in [3.05, 3.63) is 30.6 Å². The molecule has 0 aliphatic carbocycles. The summed E-state index contributed by atoms with van der Waals surface area (Å²) >= 11 is 0. The van der Waals surface area contributed by atoms with Gasteiger partial charge in [-0.2, -0.15) is 4.98 Å². The van der Waals surface area contributed by atoms with Crippen molar-refractivity contribution in [1.29, 1.82) is 0 Å². The van der Waals surface area contributed by atoms with Crippen molar-refractivity contribution in [3.8, 4) is 17.2 Å². The van der Waals surface area contributed by atoms with Crippen LogP contribution in [0.1, 0.15) is 0 Å². The van der Waals surface area contributed by atoms with E-state index in [9.17, 15) is 0 Å². The van der Waals surface area contributed by atoms with Crippen LogP contribution in [0.2, 0.25) is 0 Å². The van der Waals surface area contributed by atoms with Gasteiger partial charge in [-0.1, -0.05) is 5.16 Å². The molecule has 0 unspecified atom stereocenters. The summed E-state index contributed by atoms with van der Waals surface area (Å²) < 4.78 is 9.85. The summed E-state index contributed by atoms with van der Waals surface area (Å²) in [5.74, 6) is 1.26. The first-order chi connectivity index (χ1) is 6.40. The lowest BCUT2D eigenvalue weighted by atomic mass is 10.2.